The summed E-state index contributed by atoms with van der Waals surface area (Å²) in [5.74, 6) is 3.07. The molecular weight excluding hydrogens is 300 g/mol. The van der Waals surface area contributed by atoms with Crippen LogP contribution in [0.4, 0.5) is 0 Å². The largest absolute Gasteiger partial charge is 0.495 e. The summed E-state index contributed by atoms with van der Waals surface area (Å²) in [6.07, 6.45) is 9.73. The van der Waals surface area contributed by atoms with E-state index in [1.807, 2.05) is 18.3 Å². The number of methoxy groups -OCH3 is 1. The van der Waals surface area contributed by atoms with Crippen LogP contribution >= 0.6 is 0 Å². The number of allylic oxidation sites excluding steroid dienone is 2. The van der Waals surface area contributed by atoms with E-state index in [0.717, 1.165) is 29.1 Å². The zero-order chi connectivity index (χ0) is 16.5. The first kappa shape index (κ1) is 15.3. The maximum Gasteiger partial charge on any atom is 0.221 e. The molecule has 4 nitrogen and oxygen atoms in total. The SMILES string of the molecule is COc1cccc2ccn(CCC(=O)NC[C@@H]3C[C@@H]4C=C[C@H]3C4)c12. The van der Waals surface area contributed by atoms with Gasteiger partial charge in [0.05, 0.1) is 12.6 Å². The number of ether oxygens (including phenoxy) is 1. The number of fused-ring (bicyclic) bond motifs is 3. The van der Waals surface area contributed by atoms with Gasteiger partial charge in [-0.05, 0) is 42.7 Å². The van der Waals surface area contributed by atoms with E-state index in [-0.39, 0.29) is 5.91 Å². The number of rotatable bonds is 6. The van der Waals surface area contributed by atoms with Gasteiger partial charge in [-0.3, -0.25) is 4.79 Å². The summed E-state index contributed by atoms with van der Waals surface area (Å²) in [4.78, 5) is 12.2. The van der Waals surface area contributed by atoms with E-state index in [1.165, 1.54) is 12.8 Å². The van der Waals surface area contributed by atoms with Gasteiger partial charge in [-0.15, -0.1) is 0 Å². The summed E-state index contributed by atoms with van der Waals surface area (Å²) in [7, 11) is 1.68. The number of aryl methyl sites for hydroxylation is 1. The van der Waals surface area contributed by atoms with Crippen molar-refractivity contribution >= 4 is 16.8 Å². The molecule has 3 atom stereocenters. The molecule has 0 aliphatic heterocycles. The van der Waals surface area contributed by atoms with Crippen molar-refractivity contribution in [1.82, 2.24) is 9.88 Å². The van der Waals surface area contributed by atoms with Crippen LogP contribution in [0.5, 0.6) is 5.75 Å². The van der Waals surface area contributed by atoms with Crippen LogP contribution in [0.15, 0.2) is 42.6 Å². The molecule has 0 unspecified atom stereocenters. The topological polar surface area (TPSA) is 43.3 Å². The predicted molar refractivity (Wildman–Crippen MR) is 95.0 cm³/mol. The molecule has 24 heavy (non-hydrogen) atoms. The molecule has 1 N–H and O–H groups in total. The Balaban J connectivity index is 1.33. The molecule has 2 aromatic rings. The summed E-state index contributed by atoms with van der Waals surface area (Å²) in [6, 6.07) is 8.08. The fraction of sp³-hybridized carbons (Fsp3) is 0.450. The molecule has 2 aliphatic rings. The number of carbonyl (C=O) groups is 1. The Morgan fingerprint density at radius 2 is 2.21 bits per heavy atom. The third-order valence-electron chi connectivity index (χ3n) is 5.53. The number of hydrogen-bond acceptors (Lipinski definition) is 2. The Morgan fingerprint density at radius 1 is 1.29 bits per heavy atom. The van der Waals surface area contributed by atoms with E-state index in [9.17, 15) is 4.79 Å². The van der Waals surface area contributed by atoms with Gasteiger partial charge >= 0.3 is 0 Å². The minimum absolute atomic E-state index is 0.138. The number of para-hydroxylation sites is 1. The molecule has 0 saturated heterocycles. The molecule has 2 aliphatic carbocycles. The number of amides is 1. The number of nitrogens with one attached hydrogen (secondary N) is 1. The summed E-state index contributed by atoms with van der Waals surface area (Å²) >= 11 is 0. The van der Waals surface area contributed by atoms with Crippen LogP contribution in [0.1, 0.15) is 19.3 Å². The molecule has 4 heteroatoms. The van der Waals surface area contributed by atoms with Crippen LogP contribution in [0.2, 0.25) is 0 Å². The van der Waals surface area contributed by atoms with Crippen molar-refractivity contribution in [2.45, 2.75) is 25.8 Å². The number of benzene rings is 1. The van der Waals surface area contributed by atoms with Crippen LogP contribution in [0, 0.1) is 17.8 Å². The van der Waals surface area contributed by atoms with Gasteiger partial charge in [0.2, 0.25) is 5.91 Å². The first-order chi connectivity index (χ1) is 11.7. The number of carbonyl (C=O) groups excluding carboxylic acids is 1. The number of hydrogen-bond donors (Lipinski definition) is 1. The smallest absolute Gasteiger partial charge is 0.221 e. The summed E-state index contributed by atoms with van der Waals surface area (Å²) < 4.78 is 7.55. The molecule has 0 radical (unpaired) electrons. The van der Waals surface area contributed by atoms with Crippen LogP contribution in [-0.4, -0.2) is 24.1 Å². The lowest BCUT2D eigenvalue weighted by Crippen LogP contribution is -2.31. The fourth-order valence-corrected chi connectivity index (χ4v) is 4.26. The Hall–Kier alpha value is -2.23. The van der Waals surface area contributed by atoms with E-state index in [1.54, 1.807) is 7.11 Å². The van der Waals surface area contributed by atoms with Gasteiger partial charge in [0, 0.05) is 31.1 Å². The van der Waals surface area contributed by atoms with Gasteiger partial charge in [-0.2, -0.15) is 0 Å². The van der Waals surface area contributed by atoms with Crippen molar-refractivity contribution in [2.24, 2.45) is 17.8 Å². The minimum atomic E-state index is 0.138. The van der Waals surface area contributed by atoms with Crippen LogP contribution in [-0.2, 0) is 11.3 Å². The van der Waals surface area contributed by atoms with Crippen LogP contribution in [0.3, 0.4) is 0 Å². The monoisotopic (exact) mass is 324 g/mol. The second-order valence-corrected chi connectivity index (χ2v) is 7.00. The van der Waals surface area contributed by atoms with Gasteiger partial charge < -0.3 is 14.6 Å². The first-order valence-electron chi connectivity index (χ1n) is 8.81. The molecule has 1 aromatic heterocycles. The molecule has 1 aromatic carbocycles. The molecule has 1 heterocycles. The Bertz CT molecular complexity index is 777. The van der Waals surface area contributed by atoms with Crippen LogP contribution < -0.4 is 10.1 Å². The first-order valence-corrected chi connectivity index (χ1v) is 8.81. The molecule has 0 spiro atoms. The Morgan fingerprint density at radius 3 is 2.96 bits per heavy atom. The Labute approximate surface area is 142 Å². The van der Waals surface area contributed by atoms with Gasteiger partial charge in [0.15, 0.2) is 0 Å². The Kier molecular flexibility index (Phi) is 4.05. The summed E-state index contributed by atoms with van der Waals surface area (Å²) in [5, 5.41) is 4.27. The predicted octanol–water partition coefficient (Wildman–Crippen LogP) is 3.37. The standard InChI is InChI=1S/C20H24N2O2/c1-24-18-4-2-3-15-7-9-22(20(15)18)10-8-19(23)21-13-17-12-14-5-6-16(17)11-14/h2-7,9,14,16-17H,8,10-13H2,1H3,(H,21,23)/t14-,16+,17+/m1/s1. The zero-order valence-electron chi connectivity index (χ0n) is 14.1. The molecule has 1 amide bonds. The average Bonchev–Trinajstić information content (AvgIpc) is 3.32. The average molecular weight is 324 g/mol. The second-order valence-electron chi connectivity index (χ2n) is 7.00. The molecular formula is C20H24N2O2. The molecule has 1 saturated carbocycles. The molecule has 126 valence electrons. The maximum atomic E-state index is 12.2. The van der Waals surface area contributed by atoms with E-state index in [0.29, 0.717) is 24.8 Å². The highest BCUT2D eigenvalue weighted by Gasteiger charge is 2.35. The molecule has 4 rings (SSSR count). The van der Waals surface area contributed by atoms with E-state index in [2.05, 4.69) is 34.2 Å². The van der Waals surface area contributed by atoms with Gasteiger partial charge in [0.25, 0.3) is 0 Å². The van der Waals surface area contributed by atoms with Crippen molar-refractivity contribution in [3.05, 3.63) is 42.6 Å². The minimum Gasteiger partial charge on any atom is -0.495 e. The van der Waals surface area contributed by atoms with Crippen molar-refractivity contribution < 1.29 is 9.53 Å². The highest BCUT2D eigenvalue weighted by molar-refractivity contribution is 5.86. The lowest BCUT2D eigenvalue weighted by Gasteiger charge is -2.18. The molecule has 2 bridgehead atoms. The van der Waals surface area contributed by atoms with E-state index >= 15 is 0 Å². The second kappa shape index (κ2) is 6.34. The van der Waals surface area contributed by atoms with E-state index < -0.39 is 0 Å². The highest BCUT2D eigenvalue weighted by Crippen LogP contribution is 2.42. The molecule has 1 fully saturated rings. The van der Waals surface area contributed by atoms with Crippen molar-refractivity contribution in [2.75, 3.05) is 13.7 Å². The number of nitrogens with zero attached hydrogens (tertiary/aromatic N) is 1. The lowest BCUT2D eigenvalue weighted by atomic mass is 9.93. The van der Waals surface area contributed by atoms with Gasteiger partial charge in [0.1, 0.15) is 5.75 Å². The quantitative estimate of drug-likeness (QED) is 0.828. The van der Waals surface area contributed by atoms with Crippen molar-refractivity contribution in [3.8, 4) is 5.75 Å². The van der Waals surface area contributed by atoms with Gasteiger partial charge in [-0.25, -0.2) is 0 Å². The van der Waals surface area contributed by atoms with Crippen LogP contribution in [0.25, 0.3) is 10.9 Å². The third-order valence-corrected chi connectivity index (χ3v) is 5.53. The van der Waals surface area contributed by atoms with Gasteiger partial charge in [-0.1, -0.05) is 24.3 Å². The number of aromatic nitrogens is 1. The maximum absolute atomic E-state index is 12.2. The lowest BCUT2D eigenvalue weighted by molar-refractivity contribution is -0.121. The highest BCUT2D eigenvalue weighted by atomic mass is 16.5. The zero-order valence-corrected chi connectivity index (χ0v) is 14.1. The van der Waals surface area contributed by atoms with Crippen molar-refractivity contribution in [3.63, 3.8) is 0 Å². The third kappa shape index (κ3) is 2.81. The van der Waals surface area contributed by atoms with E-state index in [4.69, 9.17) is 4.74 Å². The summed E-state index contributed by atoms with van der Waals surface area (Å²) in [6.45, 7) is 1.49. The fourth-order valence-electron chi connectivity index (χ4n) is 4.26. The normalized spacial score (nSPS) is 24.6. The summed E-state index contributed by atoms with van der Waals surface area (Å²) in [5.41, 5.74) is 1.06. The van der Waals surface area contributed by atoms with Crippen molar-refractivity contribution in [1.29, 1.82) is 0 Å².